The molecule has 4 unspecified atom stereocenters. The number of phosphoric ester groups is 2. The summed E-state index contributed by atoms with van der Waals surface area (Å²) < 4.78 is 68.5. The molecule has 3 N–H and O–H groups in total. The quantitative estimate of drug-likeness (QED) is 0.0222. The fraction of sp³-hybridized carbons (Fsp3) is 0.947. The molecule has 19 heteroatoms. The Bertz CT molecular complexity index is 1820. The average Bonchev–Trinajstić information content (AvgIpc) is 2.17. The van der Waals surface area contributed by atoms with Gasteiger partial charge in [0, 0.05) is 25.7 Å². The Morgan fingerprint density at radius 2 is 0.511 bits per heavy atom. The lowest BCUT2D eigenvalue weighted by Gasteiger charge is -2.21. The Labute approximate surface area is 575 Å². The molecule has 0 aliphatic carbocycles. The molecule has 0 bridgehead atoms. The van der Waals surface area contributed by atoms with E-state index in [2.05, 4.69) is 41.5 Å². The lowest BCUT2D eigenvalue weighted by Crippen LogP contribution is -2.30. The molecule has 0 heterocycles. The molecule has 0 aromatic heterocycles. The van der Waals surface area contributed by atoms with Gasteiger partial charge in [-0.3, -0.25) is 37.3 Å². The molecule has 0 amide bonds. The van der Waals surface area contributed by atoms with E-state index in [1.807, 2.05) is 0 Å². The number of phosphoric acid groups is 2. The van der Waals surface area contributed by atoms with E-state index in [4.69, 9.17) is 37.0 Å². The van der Waals surface area contributed by atoms with Crippen molar-refractivity contribution in [3.05, 3.63) is 0 Å². The van der Waals surface area contributed by atoms with Gasteiger partial charge in [0.1, 0.15) is 19.3 Å². The van der Waals surface area contributed by atoms with E-state index in [9.17, 15) is 43.2 Å². The molecule has 0 aliphatic rings. The second-order valence-electron chi connectivity index (χ2n) is 27.5. The van der Waals surface area contributed by atoms with Crippen LogP contribution in [0.1, 0.15) is 388 Å². The summed E-state index contributed by atoms with van der Waals surface area (Å²) >= 11 is 0. The Balaban J connectivity index is 5.24. The van der Waals surface area contributed by atoms with E-state index in [0.29, 0.717) is 25.7 Å². The number of carbonyl (C=O) groups excluding carboxylic acids is 4. The Kier molecular flexibility index (Phi) is 65.5. The Hall–Kier alpha value is -1.94. The lowest BCUT2D eigenvalue weighted by molar-refractivity contribution is -0.161. The van der Waals surface area contributed by atoms with E-state index < -0.39 is 97.5 Å². The van der Waals surface area contributed by atoms with E-state index >= 15 is 0 Å². The zero-order chi connectivity index (χ0) is 69.3. The normalized spacial score (nSPS) is 14.6. The summed E-state index contributed by atoms with van der Waals surface area (Å²) in [7, 11) is -9.91. The number of aliphatic hydroxyl groups excluding tert-OH is 1. The third kappa shape index (κ3) is 66.0. The molecule has 558 valence electrons. The molecule has 0 saturated heterocycles. The van der Waals surface area contributed by atoms with Crippen LogP contribution in [0.15, 0.2) is 0 Å². The third-order valence-electron chi connectivity index (χ3n) is 18.2. The minimum absolute atomic E-state index is 0.106. The van der Waals surface area contributed by atoms with Crippen molar-refractivity contribution < 1.29 is 80.2 Å². The number of esters is 4. The molecule has 0 aliphatic heterocycles. The van der Waals surface area contributed by atoms with Crippen molar-refractivity contribution in [3.8, 4) is 0 Å². The fourth-order valence-electron chi connectivity index (χ4n) is 11.4. The van der Waals surface area contributed by atoms with Crippen LogP contribution in [0, 0.1) is 11.8 Å². The highest BCUT2D eigenvalue weighted by Gasteiger charge is 2.30. The van der Waals surface area contributed by atoms with Crippen LogP contribution in [0.4, 0.5) is 0 Å². The number of hydrogen-bond acceptors (Lipinski definition) is 15. The number of unbranched alkanes of at least 4 members (excludes halogenated alkanes) is 42. The summed E-state index contributed by atoms with van der Waals surface area (Å²) in [6, 6.07) is 0. The number of hydrogen-bond donors (Lipinski definition) is 3. The highest BCUT2D eigenvalue weighted by molar-refractivity contribution is 7.47. The van der Waals surface area contributed by atoms with Gasteiger partial charge in [-0.2, -0.15) is 0 Å². The van der Waals surface area contributed by atoms with Gasteiger partial charge >= 0.3 is 39.5 Å². The van der Waals surface area contributed by atoms with Gasteiger partial charge in [0.15, 0.2) is 12.2 Å². The van der Waals surface area contributed by atoms with Gasteiger partial charge in [0.25, 0.3) is 0 Å². The van der Waals surface area contributed by atoms with Gasteiger partial charge in [-0.05, 0) is 37.5 Å². The number of rotatable bonds is 74. The van der Waals surface area contributed by atoms with Crippen molar-refractivity contribution in [2.24, 2.45) is 11.8 Å². The lowest BCUT2D eigenvalue weighted by atomic mass is 9.99. The summed E-state index contributed by atoms with van der Waals surface area (Å²) in [6.07, 6.45) is 54.0. The van der Waals surface area contributed by atoms with Gasteiger partial charge in [-0.1, -0.05) is 337 Å². The van der Waals surface area contributed by atoms with Crippen molar-refractivity contribution >= 4 is 39.5 Å². The maximum absolute atomic E-state index is 13.1. The molecular weight excluding hydrogens is 1230 g/mol. The molecule has 0 spiro atoms. The first-order valence-electron chi connectivity index (χ1n) is 39.1. The SMILES string of the molecule is CCCCCCCCCCCCCCCCCC(=O)OC[C@H](COP(=O)(O)OC[C@@H](O)COP(=O)(O)OC[C@@H](COC(=O)CCCCCCCCC(C)CC)OC(=O)CCCCCCCCCCCCC)OC(=O)CCCCCCCCCCCCCCCCC(C)CC. The summed E-state index contributed by atoms with van der Waals surface area (Å²) in [5.41, 5.74) is 0. The molecular formula is C75H146O17P2. The topological polar surface area (TPSA) is 237 Å². The molecule has 0 saturated carbocycles. The van der Waals surface area contributed by atoms with Gasteiger partial charge in [-0.15, -0.1) is 0 Å². The van der Waals surface area contributed by atoms with Crippen LogP contribution in [0.3, 0.4) is 0 Å². The molecule has 7 atom stereocenters. The van der Waals surface area contributed by atoms with E-state index in [-0.39, 0.29) is 25.7 Å². The van der Waals surface area contributed by atoms with Gasteiger partial charge in [0.2, 0.25) is 0 Å². The summed E-state index contributed by atoms with van der Waals surface area (Å²) in [4.78, 5) is 72.7. The van der Waals surface area contributed by atoms with E-state index in [1.54, 1.807) is 0 Å². The van der Waals surface area contributed by atoms with E-state index in [1.165, 1.54) is 199 Å². The minimum Gasteiger partial charge on any atom is -0.462 e. The fourth-order valence-corrected chi connectivity index (χ4v) is 13.0. The van der Waals surface area contributed by atoms with Crippen LogP contribution < -0.4 is 0 Å². The van der Waals surface area contributed by atoms with Crippen molar-refractivity contribution in [1.82, 2.24) is 0 Å². The second-order valence-corrected chi connectivity index (χ2v) is 30.4. The number of ether oxygens (including phenoxy) is 4. The zero-order valence-corrected chi connectivity index (χ0v) is 63.1. The summed E-state index contributed by atoms with van der Waals surface area (Å²) in [5, 5.41) is 10.6. The maximum Gasteiger partial charge on any atom is 0.472 e. The summed E-state index contributed by atoms with van der Waals surface area (Å²) in [6.45, 7) is 9.60. The maximum atomic E-state index is 13.1. The molecule has 0 fully saturated rings. The first-order valence-corrected chi connectivity index (χ1v) is 42.1. The van der Waals surface area contributed by atoms with Gasteiger partial charge in [-0.25, -0.2) is 9.13 Å². The van der Waals surface area contributed by atoms with Crippen molar-refractivity contribution in [2.75, 3.05) is 39.6 Å². The predicted molar refractivity (Wildman–Crippen MR) is 381 cm³/mol. The zero-order valence-electron chi connectivity index (χ0n) is 61.3. The largest absolute Gasteiger partial charge is 0.472 e. The first kappa shape index (κ1) is 92.1. The van der Waals surface area contributed by atoms with Gasteiger partial charge < -0.3 is 33.8 Å². The van der Waals surface area contributed by atoms with Gasteiger partial charge in [0.05, 0.1) is 26.4 Å². The van der Waals surface area contributed by atoms with Crippen molar-refractivity contribution in [1.29, 1.82) is 0 Å². The molecule has 94 heavy (non-hydrogen) atoms. The highest BCUT2D eigenvalue weighted by Crippen LogP contribution is 2.45. The number of carbonyl (C=O) groups is 4. The van der Waals surface area contributed by atoms with Crippen LogP contribution in [-0.2, 0) is 65.4 Å². The van der Waals surface area contributed by atoms with Crippen LogP contribution >= 0.6 is 15.6 Å². The second kappa shape index (κ2) is 66.9. The molecule has 0 aromatic carbocycles. The smallest absolute Gasteiger partial charge is 0.462 e. The van der Waals surface area contributed by atoms with Crippen molar-refractivity contribution in [3.63, 3.8) is 0 Å². The molecule has 0 rings (SSSR count). The third-order valence-corrected chi connectivity index (χ3v) is 20.1. The first-order chi connectivity index (χ1) is 45.4. The van der Waals surface area contributed by atoms with Crippen LogP contribution in [0.5, 0.6) is 0 Å². The standard InChI is InChI=1S/C75H146O17P2/c1-7-11-13-15-17-19-21-22-23-27-31-34-38-45-51-57-72(77)85-63-70(91-75(80)60-54-48-40-36-32-28-25-24-26-30-33-37-43-49-55-67(5)9-3)65-89-93(81,82)87-61-69(76)62-88-94(83,84)90-66-71(64-86-73(78)58-52-46-42-41-44-50-56-68(6)10-4)92-74(79)59-53-47-39-35-29-20-18-16-14-12-8-2/h67-71,76H,7-66H2,1-6H3,(H,81,82)(H,83,84)/t67?,68?,69-,70-,71-/m1/s1. The Morgan fingerprint density at radius 1 is 0.298 bits per heavy atom. The average molecular weight is 1380 g/mol. The van der Waals surface area contributed by atoms with E-state index in [0.717, 1.165) is 108 Å². The highest BCUT2D eigenvalue weighted by atomic mass is 31.2. The van der Waals surface area contributed by atoms with Crippen LogP contribution in [-0.4, -0.2) is 96.7 Å². The van der Waals surface area contributed by atoms with Crippen LogP contribution in [0.25, 0.3) is 0 Å². The monoisotopic (exact) mass is 1380 g/mol. The summed E-state index contributed by atoms with van der Waals surface area (Å²) in [5.74, 6) is -0.539. The predicted octanol–water partition coefficient (Wildman–Crippen LogP) is 21.9. The Morgan fingerprint density at radius 3 is 0.755 bits per heavy atom. The van der Waals surface area contributed by atoms with Crippen LogP contribution in [0.2, 0.25) is 0 Å². The molecule has 0 aromatic rings. The molecule has 0 radical (unpaired) electrons. The van der Waals surface area contributed by atoms with Crippen molar-refractivity contribution in [2.45, 2.75) is 407 Å². The minimum atomic E-state index is -4.96. The number of aliphatic hydroxyl groups is 1. The molecule has 17 nitrogen and oxygen atoms in total.